The van der Waals surface area contributed by atoms with Crippen LogP contribution in [-0.2, 0) is 4.79 Å². The number of rotatable bonds is 4. The van der Waals surface area contributed by atoms with Crippen LogP contribution in [0.5, 0.6) is 5.75 Å². The van der Waals surface area contributed by atoms with Gasteiger partial charge in [0.2, 0.25) is 5.91 Å². The third-order valence-corrected chi connectivity index (χ3v) is 6.55. The summed E-state index contributed by atoms with van der Waals surface area (Å²) in [4.78, 5) is 29.7. The smallest absolute Gasteiger partial charge is 0.257 e. The second-order valence-electron chi connectivity index (χ2n) is 8.72. The molecule has 0 radical (unpaired) electrons. The summed E-state index contributed by atoms with van der Waals surface area (Å²) in [5, 5.41) is 3.04. The maximum absolute atomic E-state index is 13.2. The molecule has 31 heavy (non-hydrogen) atoms. The van der Waals surface area contributed by atoms with Crippen molar-refractivity contribution in [3.63, 3.8) is 0 Å². The van der Waals surface area contributed by atoms with Crippen molar-refractivity contribution < 1.29 is 14.3 Å². The quantitative estimate of drug-likeness (QED) is 0.820. The number of amides is 2. The fraction of sp³-hybridized carbons (Fsp3) is 0.440. The van der Waals surface area contributed by atoms with Crippen molar-refractivity contribution in [1.82, 2.24) is 9.80 Å². The Hall–Kier alpha value is -2.86. The van der Waals surface area contributed by atoms with Gasteiger partial charge in [-0.25, -0.2) is 0 Å². The molecule has 0 spiro atoms. The molecule has 1 N–H and O–H groups in total. The third kappa shape index (κ3) is 4.30. The van der Waals surface area contributed by atoms with Gasteiger partial charge in [0.25, 0.3) is 5.91 Å². The summed E-state index contributed by atoms with van der Waals surface area (Å²) in [5.41, 5.74) is 4.77. The lowest BCUT2D eigenvalue weighted by Gasteiger charge is -2.34. The average Bonchev–Trinajstić information content (AvgIpc) is 3.05. The highest BCUT2D eigenvalue weighted by atomic mass is 16.5. The Morgan fingerprint density at radius 1 is 1.00 bits per heavy atom. The van der Waals surface area contributed by atoms with E-state index >= 15 is 0 Å². The molecule has 2 aromatic carbocycles. The Balaban J connectivity index is 1.34. The monoisotopic (exact) mass is 421 g/mol. The SMILES string of the molecule is Cc1cccc(C)c1NC(=O)CN1CCN(C(=O)c2cccc3c2OC(C)C3C)CC1. The number of carbonyl (C=O) groups is 2. The topological polar surface area (TPSA) is 61.9 Å². The molecule has 0 aliphatic carbocycles. The van der Waals surface area contributed by atoms with Gasteiger partial charge in [0.1, 0.15) is 11.9 Å². The minimum atomic E-state index is -0.0190. The highest BCUT2D eigenvalue weighted by Crippen LogP contribution is 2.40. The zero-order valence-corrected chi connectivity index (χ0v) is 18.8. The first-order valence-corrected chi connectivity index (χ1v) is 11.0. The molecule has 0 aromatic heterocycles. The number of para-hydroxylation sites is 2. The van der Waals surface area contributed by atoms with E-state index in [-0.39, 0.29) is 23.8 Å². The van der Waals surface area contributed by atoms with E-state index in [9.17, 15) is 9.59 Å². The summed E-state index contributed by atoms with van der Waals surface area (Å²) < 4.78 is 6.00. The number of nitrogens with zero attached hydrogens (tertiary/aromatic N) is 2. The van der Waals surface area contributed by atoms with Crippen molar-refractivity contribution in [3.05, 3.63) is 58.7 Å². The molecule has 2 unspecified atom stereocenters. The lowest BCUT2D eigenvalue weighted by Crippen LogP contribution is -2.50. The summed E-state index contributed by atoms with van der Waals surface area (Å²) in [5.74, 6) is 1.02. The van der Waals surface area contributed by atoms with Crippen LogP contribution >= 0.6 is 0 Å². The second-order valence-corrected chi connectivity index (χ2v) is 8.72. The van der Waals surface area contributed by atoms with Crippen molar-refractivity contribution >= 4 is 17.5 Å². The molecule has 6 nitrogen and oxygen atoms in total. The minimum absolute atomic E-state index is 0.0118. The molecule has 6 heteroatoms. The van der Waals surface area contributed by atoms with Gasteiger partial charge in [0, 0.05) is 43.3 Å². The van der Waals surface area contributed by atoms with Crippen LogP contribution in [0.15, 0.2) is 36.4 Å². The predicted molar refractivity (Wildman–Crippen MR) is 122 cm³/mol. The number of fused-ring (bicyclic) bond motifs is 1. The van der Waals surface area contributed by atoms with Crippen LogP contribution in [0.3, 0.4) is 0 Å². The Labute approximate surface area is 184 Å². The van der Waals surface area contributed by atoms with Gasteiger partial charge in [-0.2, -0.15) is 0 Å². The Bertz CT molecular complexity index is 975. The molecule has 2 amide bonds. The van der Waals surface area contributed by atoms with E-state index in [1.807, 2.05) is 62.1 Å². The maximum atomic E-state index is 13.2. The molecule has 164 valence electrons. The van der Waals surface area contributed by atoms with E-state index in [1.54, 1.807) is 0 Å². The number of ether oxygens (including phenoxy) is 1. The maximum Gasteiger partial charge on any atom is 0.257 e. The molecule has 2 aliphatic heterocycles. The first-order valence-electron chi connectivity index (χ1n) is 11.0. The number of piperazine rings is 1. The van der Waals surface area contributed by atoms with Crippen LogP contribution in [0.4, 0.5) is 5.69 Å². The number of anilines is 1. The summed E-state index contributed by atoms with van der Waals surface area (Å²) in [6, 6.07) is 11.8. The Morgan fingerprint density at radius 2 is 1.65 bits per heavy atom. The van der Waals surface area contributed by atoms with E-state index in [2.05, 4.69) is 17.1 Å². The minimum Gasteiger partial charge on any atom is -0.489 e. The largest absolute Gasteiger partial charge is 0.489 e. The molecule has 2 aliphatic rings. The van der Waals surface area contributed by atoms with E-state index < -0.39 is 0 Å². The van der Waals surface area contributed by atoms with E-state index in [0.717, 1.165) is 28.1 Å². The van der Waals surface area contributed by atoms with Gasteiger partial charge in [0.15, 0.2) is 0 Å². The number of hydrogen-bond donors (Lipinski definition) is 1. The highest BCUT2D eigenvalue weighted by Gasteiger charge is 2.33. The van der Waals surface area contributed by atoms with Gasteiger partial charge in [0.05, 0.1) is 12.1 Å². The van der Waals surface area contributed by atoms with Gasteiger partial charge < -0.3 is 15.0 Å². The molecule has 0 saturated carbocycles. The fourth-order valence-corrected chi connectivity index (χ4v) is 4.43. The number of benzene rings is 2. The Kier molecular flexibility index (Phi) is 6.01. The van der Waals surface area contributed by atoms with Crippen LogP contribution < -0.4 is 10.1 Å². The lowest BCUT2D eigenvalue weighted by molar-refractivity contribution is -0.117. The second kappa shape index (κ2) is 8.71. The summed E-state index contributed by atoms with van der Waals surface area (Å²) >= 11 is 0. The molecular formula is C25H31N3O3. The Morgan fingerprint density at radius 3 is 2.32 bits per heavy atom. The van der Waals surface area contributed by atoms with Crippen LogP contribution in [0.1, 0.15) is 46.8 Å². The van der Waals surface area contributed by atoms with Crippen LogP contribution in [0.2, 0.25) is 0 Å². The van der Waals surface area contributed by atoms with E-state index in [4.69, 9.17) is 4.74 Å². The fourth-order valence-electron chi connectivity index (χ4n) is 4.43. The van der Waals surface area contributed by atoms with Crippen LogP contribution in [0, 0.1) is 13.8 Å². The van der Waals surface area contributed by atoms with Gasteiger partial charge in [-0.3, -0.25) is 14.5 Å². The molecule has 0 bridgehead atoms. The van der Waals surface area contributed by atoms with Crippen molar-refractivity contribution in [1.29, 1.82) is 0 Å². The normalized spacial score (nSPS) is 20.8. The van der Waals surface area contributed by atoms with Crippen molar-refractivity contribution in [2.24, 2.45) is 0 Å². The molecule has 1 saturated heterocycles. The van der Waals surface area contributed by atoms with Gasteiger partial charge in [-0.05, 0) is 38.0 Å². The van der Waals surface area contributed by atoms with Crippen LogP contribution in [-0.4, -0.2) is 60.4 Å². The van der Waals surface area contributed by atoms with Crippen molar-refractivity contribution in [2.45, 2.75) is 39.7 Å². The average molecular weight is 422 g/mol. The molecule has 4 rings (SSSR count). The van der Waals surface area contributed by atoms with Crippen LogP contribution in [0.25, 0.3) is 0 Å². The predicted octanol–water partition coefficient (Wildman–Crippen LogP) is 3.58. The van der Waals surface area contributed by atoms with Gasteiger partial charge in [-0.15, -0.1) is 0 Å². The molecular weight excluding hydrogens is 390 g/mol. The lowest BCUT2D eigenvalue weighted by atomic mass is 9.96. The summed E-state index contributed by atoms with van der Waals surface area (Å²) in [6.45, 7) is 11.1. The van der Waals surface area contributed by atoms with E-state index in [1.165, 1.54) is 0 Å². The number of aryl methyl sites for hydroxylation is 2. The molecule has 1 fully saturated rings. The third-order valence-electron chi connectivity index (χ3n) is 6.55. The zero-order valence-electron chi connectivity index (χ0n) is 18.8. The summed E-state index contributed by atoms with van der Waals surface area (Å²) in [6.07, 6.45) is 0.0798. The molecule has 2 atom stereocenters. The first kappa shape index (κ1) is 21.4. The molecule has 2 aromatic rings. The standard InChI is InChI=1S/C25H31N3O3/c1-16-7-5-8-17(2)23(16)26-22(29)15-27-11-13-28(14-12-27)25(30)21-10-6-9-20-18(3)19(4)31-24(20)21/h5-10,18-19H,11-15H2,1-4H3,(H,26,29). The van der Waals surface area contributed by atoms with Crippen molar-refractivity contribution in [3.8, 4) is 5.75 Å². The van der Waals surface area contributed by atoms with E-state index in [0.29, 0.717) is 38.3 Å². The number of hydrogen-bond acceptors (Lipinski definition) is 4. The van der Waals surface area contributed by atoms with Gasteiger partial charge >= 0.3 is 0 Å². The van der Waals surface area contributed by atoms with Gasteiger partial charge in [-0.1, -0.05) is 37.3 Å². The first-order chi connectivity index (χ1) is 14.8. The molecule has 2 heterocycles. The summed E-state index contributed by atoms with van der Waals surface area (Å²) in [7, 11) is 0. The highest BCUT2D eigenvalue weighted by molar-refractivity contribution is 5.98. The van der Waals surface area contributed by atoms with Crippen molar-refractivity contribution in [2.75, 3.05) is 38.0 Å². The number of nitrogens with one attached hydrogen (secondary N) is 1. The zero-order chi connectivity index (χ0) is 22.1. The number of carbonyl (C=O) groups excluding carboxylic acids is 2.